The second-order valence-corrected chi connectivity index (χ2v) is 5.68. The lowest BCUT2D eigenvalue weighted by Gasteiger charge is -2.19. The summed E-state index contributed by atoms with van der Waals surface area (Å²) in [7, 11) is -3.39. The van der Waals surface area contributed by atoms with Crippen LogP contribution >= 0.6 is 0 Å². The van der Waals surface area contributed by atoms with E-state index in [4.69, 9.17) is 10.2 Å². The summed E-state index contributed by atoms with van der Waals surface area (Å²) in [6.07, 6.45) is -0.751. The highest BCUT2D eigenvalue weighted by Crippen LogP contribution is 2.35. The molecule has 2 N–H and O–H groups in total. The fraction of sp³-hybridized carbons (Fsp3) is 0.714. The van der Waals surface area contributed by atoms with Crippen LogP contribution in [0.1, 0.15) is 12.8 Å². The summed E-state index contributed by atoms with van der Waals surface area (Å²) in [6, 6.07) is 0. The fourth-order valence-electron chi connectivity index (χ4n) is 1.59. The van der Waals surface area contributed by atoms with Gasteiger partial charge in [-0.2, -0.15) is 0 Å². The van der Waals surface area contributed by atoms with Crippen LogP contribution in [0.4, 0.5) is 0 Å². The zero-order valence-corrected chi connectivity index (χ0v) is 8.08. The maximum atomic E-state index is 11.1. The fourth-order valence-corrected chi connectivity index (χ4v) is 3.65. The Balaban J connectivity index is 2.97. The summed E-state index contributed by atoms with van der Waals surface area (Å²) in [4.78, 5) is 21.2. The molecule has 1 saturated heterocycles. The highest BCUT2D eigenvalue weighted by atomic mass is 32.2. The van der Waals surface area contributed by atoms with Gasteiger partial charge in [0.05, 0.1) is 23.3 Å². The van der Waals surface area contributed by atoms with Gasteiger partial charge in [-0.05, 0) is 6.42 Å². The van der Waals surface area contributed by atoms with Crippen LogP contribution < -0.4 is 0 Å². The number of hydrogen-bond acceptors (Lipinski definition) is 4. The first-order valence-electron chi connectivity index (χ1n) is 3.93. The van der Waals surface area contributed by atoms with E-state index in [-0.39, 0.29) is 12.2 Å². The van der Waals surface area contributed by atoms with Gasteiger partial charge >= 0.3 is 11.9 Å². The molecule has 0 aromatic rings. The van der Waals surface area contributed by atoms with E-state index < -0.39 is 39.4 Å². The van der Waals surface area contributed by atoms with Gasteiger partial charge in [0.2, 0.25) is 0 Å². The number of sulfone groups is 1. The normalized spacial score (nSPS) is 30.0. The molecule has 1 aliphatic heterocycles. The van der Waals surface area contributed by atoms with Gasteiger partial charge in [0.15, 0.2) is 9.84 Å². The Bertz CT molecular complexity index is 370. The van der Waals surface area contributed by atoms with Gasteiger partial charge in [-0.3, -0.25) is 9.59 Å². The average molecular weight is 222 g/mol. The van der Waals surface area contributed by atoms with Crippen molar-refractivity contribution in [3.05, 3.63) is 0 Å². The molecular formula is C7H10O6S. The molecule has 1 aliphatic rings. The number of hydrogen-bond donors (Lipinski definition) is 2. The topological polar surface area (TPSA) is 109 Å². The van der Waals surface area contributed by atoms with E-state index in [1.807, 2.05) is 0 Å². The molecule has 0 bridgehead atoms. The van der Waals surface area contributed by atoms with E-state index in [9.17, 15) is 18.0 Å². The molecule has 0 spiro atoms. The summed E-state index contributed by atoms with van der Waals surface area (Å²) in [5.41, 5.74) is -1.62. The van der Waals surface area contributed by atoms with Crippen LogP contribution in [0.15, 0.2) is 0 Å². The molecule has 0 amide bonds. The van der Waals surface area contributed by atoms with E-state index in [1.165, 1.54) is 0 Å². The van der Waals surface area contributed by atoms with Crippen molar-refractivity contribution in [3.8, 4) is 0 Å². The Kier molecular flexibility index (Phi) is 2.53. The third-order valence-electron chi connectivity index (χ3n) is 2.33. The molecule has 1 rings (SSSR count). The van der Waals surface area contributed by atoms with Crippen LogP contribution in [0, 0.1) is 5.41 Å². The highest BCUT2D eigenvalue weighted by Gasteiger charge is 2.49. The number of carboxylic acid groups (broad SMARTS) is 2. The van der Waals surface area contributed by atoms with Crippen molar-refractivity contribution in [2.45, 2.75) is 12.8 Å². The number of carboxylic acids is 2. The summed E-state index contributed by atoms with van der Waals surface area (Å²) in [5, 5.41) is 17.3. The largest absolute Gasteiger partial charge is 0.481 e. The third kappa shape index (κ3) is 2.03. The lowest BCUT2D eigenvalue weighted by Crippen LogP contribution is -2.34. The smallest absolute Gasteiger partial charge is 0.311 e. The van der Waals surface area contributed by atoms with Crippen LogP contribution in [0.25, 0.3) is 0 Å². The average Bonchev–Trinajstić information content (AvgIpc) is 2.26. The lowest BCUT2D eigenvalue weighted by molar-refractivity contribution is -0.154. The molecule has 0 saturated carbocycles. The number of carbonyl (C=O) groups is 2. The molecular weight excluding hydrogens is 212 g/mol. The van der Waals surface area contributed by atoms with Gasteiger partial charge in [-0.15, -0.1) is 0 Å². The van der Waals surface area contributed by atoms with Gasteiger partial charge < -0.3 is 10.2 Å². The zero-order valence-electron chi connectivity index (χ0n) is 7.26. The van der Waals surface area contributed by atoms with Gasteiger partial charge in [0, 0.05) is 0 Å². The van der Waals surface area contributed by atoms with E-state index in [2.05, 4.69) is 0 Å². The molecule has 0 aliphatic carbocycles. The molecule has 14 heavy (non-hydrogen) atoms. The highest BCUT2D eigenvalue weighted by molar-refractivity contribution is 7.91. The maximum absolute atomic E-state index is 11.1. The van der Waals surface area contributed by atoms with Gasteiger partial charge in [0.25, 0.3) is 0 Å². The first kappa shape index (κ1) is 11.0. The van der Waals surface area contributed by atoms with Crippen molar-refractivity contribution in [3.63, 3.8) is 0 Å². The van der Waals surface area contributed by atoms with E-state index >= 15 is 0 Å². The van der Waals surface area contributed by atoms with Crippen molar-refractivity contribution >= 4 is 21.8 Å². The van der Waals surface area contributed by atoms with Gasteiger partial charge in [-0.1, -0.05) is 0 Å². The molecule has 0 radical (unpaired) electrons. The minimum atomic E-state index is -3.39. The van der Waals surface area contributed by atoms with Crippen molar-refractivity contribution < 1.29 is 28.2 Å². The van der Waals surface area contributed by atoms with E-state index in [1.54, 1.807) is 0 Å². The molecule has 1 unspecified atom stereocenters. The lowest BCUT2D eigenvalue weighted by atomic mass is 9.84. The molecule has 1 atom stereocenters. The summed E-state index contributed by atoms with van der Waals surface area (Å²) < 4.78 is 22.2. The van der Waals surface area contributed by atoms with E-state index in [0.29, 0.717) is 0 Å². The second kappa shape index (κ2) is 3.23. The molecule has 1 fully saturated rings. The summed E-state index contributed by atoms with van der Waals surface area (Å²) in [5.74, 6) is -3.45. The minimum absolute atomic E-state index is 0.114. The van der Waals surface area contributed by atoms with Crippen LogP contribution in [0.2, 0.25) is 0 Å². The second-order valence-electron chi connectivity index (χ2n) is 3.50. The third-order valence-corrected chi connectivity index (χ3v) is 4.15. The summed E-state index contributed by atoms with van der Waals surface area (Å²) >= 11 is 0. The van der Waals surface area contributed by atoms with Crippen LogP contribution in [-0.4, -0.2) is 42.1 Å². The molecule has 80 valence electrons. The Morgan fingerprint density at radius 2 is 1.86 bits per heavy atom. The molecule has 7 heteroatoms. The molecule has 1 heterocycles. The van der Waals surface area contributed by atoms with Crippen molar-refractivity contribution in [2.75, 3.05) is 11.5 Å². The van der Waals surface area contributed by atoms with Gasteiger partial charge in [-0.25, -0.2) is 8.42 Å². The SMILES string of the molecule is O=C(O)CC1(C(=O)O)CCS(=O)(=O)C1. The van der Waals surface area contributed by atoms with Crippen molar-refractivity contribution in [2.24, 2.45) is 5.41 Å². The van der Waals surface area contributed by atoms with Gasteiger partial charge in [0.1, 0.15) is 0 Å². The standard InChI is InChI=1S/C7H10O6S/c8-5(9)3-7(6(10)11)1-2-14(12,13)4-7/h1-4H2,(H,8,9)(H,10,11). The zero-order chi connectivity index (χ0) is 11.0. The summed E-state index contributed by atoms with van der Waals surface area (Å²) in [6.45, 7) is 0. The number of aliphatic carboxylic acids is 2. The van der Waals surface area contributed by atoms with E-state index in [0.717, 1.165) is 0 Å². The van der Waals surface area contributed by atoms with Crippen molar-refractivity contribution in [1.29, 1.82) is 0 Å². The maximum Gasteiger partial charge on any atom is 0.311 e. The van der Waals surface area contributed by atoms with Crippen LogP contribution in [0.5, 0.6) is 0 Å². The Hall–Kier alpha value is -1.11. The van der Waals surface area contributed by atoms with Crippen LogP contribution in [0.3, 0.4) is 0 Å². The Labute approximate surface area is 80.5 Å². The first-order valence-corrected chi connectivity index (χ1v) is 5.75. The monoisotopic (exact) mass is 222 g/mol. The Morgan fingerprint density at radius 1 is 1.29 bits per heavy atom. The predicted molar refractivity (Wildman–Crippen MR) is 45.6 cm³/mol. The van der Waals surface area contributed by atoms with Crippen LogP contribution in [-0.2, 0) is 19.4 Å². The predicted octanol–water partition coefficient (Wildman–Crippen LogP) is -0.649. The Morgan fingerprint density at radius 3 is 2.14 bits per heavy atom. The molecule has 0 aromatic carbocycles. The number of rotatable bonds is 3. The quantitative estimate of drug-likeness (QED) is 0.656. The van der Waals surface area contributed by atoms with Crippen molar-refractivity contribution in [1.82, 2.24) is 0 Å². The first-order chi connectivity index (χ1) is 6.27. The minimum Gasteiger partial charge on any atom is -0.481 e. The molecule has 0 aromatic heterocycles. The molecule has 6 nitrogen and oxygen atoms in total.